The van der Waals surface area contributed by atoms with Gasteiger partial charge in [-0.3, -0.25) is 0 Å². The Bertz CT molecular complexity index is 235. The molecule has 2 saturated carbocycles. The SMILES string of the molecule is CCC1CCC(OC)(C2CCC(OC)CC2)CC1. The second kappa shape index (κ2) is 6.38. The number of hydrogen-bond donors (Lipinski definition) is 0. The van der Waals surface area contributed by atoms with Gasteiger partial charge in [-0.15, -0.1) is 0 Å². The van der Waals surface area contributed by atoms with E-state index in [2.05, 4.69) is 6.92 Å². The van der Waals surface area contributed by atoms with Crippen LogP contribution in [0.5, 0.6) is 0 Å². The molecular formula is C16H30O2. The van der Waals surface area contributed by atoms with E-state index in [-0.39, 0.29) is 5.60 Å². The third kappa shape index (κ3) is 2.91. The summed E-state index contributed by atoms with van der Waals surface area (Å²) in [5.74, 6) is 1.72. The smallest absolute Gasteiger partial charge is 0.0707 e. The first-order valence-electron chi connectivity index (χ1n) is 7.82. The summed E-state index contributed by atoms with van der Waals surface area (Å²) in [5, 5.41) is 0. The van der Waals surface area contributed by atoms with E-state index in [9.17, 15) is 0 Å². The summed E-state index contributed by atoms with van der Waals surface area (Å²) in [6.45, 7) is 2.33. The quantitative estimate of drug-likeness (QED) is 0.749. The lowest BCUT2D eigenvalue weighted by atomic mass is 9.67. The average molecular weight is 254 g/mol. The second-order valence-corrected chi connectivity index (χ2v) is 6.33. The van der Waals surface area contributed by atoms with Crippen LogP contribution in [-0.4, -0.2) is 25.9 Å². The predicted octanol–water partition coefficient (Wildman–Crippen LogP) is 4.18. The molecule has 0 aromatic heterocycles. The normalized spacial score (nSPS) is 41.8. The zero-order valence-electron chi connectivity index (χ0n) is 12.4. The number of methoxy groups -OCH3 is 2. The maximum Gasteiger partial charge on any atom is 0.0707 e. The topological polar surface area (TPSA) is 18.5 Å². The van der Waals surface area contributed by atoms with Gasteiger partial charge in [-0.2, -0.15) is 0 Å². The van der Waals surface area contributed by atoms with Crippen molar-refractivity contribution >= 4 is 0 Å². The average Bonchev–Trinajstić information content (AvgIpc) is 2.47. The van der Waals surface area contributed by atoms with Gasteiger partial charge in [-0.05, 0) is 63.2 Å². The van der Waals surface area contributed by atoms with Crippen LogP contribution >= 0.6 is 0 Å². The van der Waals surface area contributed by atoms with Crippen LogP contribution in [0.1, 0.15) is 64.7 Å². The summed E-state index contributed by atoms with van der Waals surface area (Å²) in [5.41, 5.74) is 0.199. The first-order chi connectivity index (χ1) is 8.74. The van der Waals surface area contributed by atoms with Crippen LogP contribution in [0.25, 0.3) is 0 Å². The molecule has 2 aliphatic rings. The van der Waals surface area contributed by atoms with Crippen molar-refractivity contribution in [3.63, 3.8) is 0 Å². The molecule has 2 rings (SSSR count). The largest absolute Gasteiger partial charge is 0.381 e. The first kappa shape index (κ1) is 14.3. The summed E-state index contributed by atoms with van der Waals surface area (Å²) in [6.07, 6.45) is 12.2. The van der Waals surface area contributed by atoms with Crippen LogP contribution in [-0.2, 0) is 9.47 Å². The van der Waals surface area contributed by atoms with Crippen LogP contribution in [0.2, 0.25) is 0 Å². The molecule has 0 saturated heterocycles. The van der Waals surface area contributed by atoms with Crippen LogP contribution < -0.4 is 0 Å². The molecule has 0 atom stereocenters. The standard InChI is InChI=1S/C16H30O2/c1-4-13-9-11-16(18-3,12-10-13)14-5-7-15(17-2)8-6-14/h13-15H,4-12H2,1-3H3. The van der Waals surface area contributed by atoms with Gasteiger partial charge < -0.3 is 9.47 Å². The summed E-state index contributed by atoms with van der Waals surface area (Å²) in [7, 11) is 3.79. The highest BCUT2D eigenvalue weighted by molar-refractivity contribution is 4.94. The molecule has 0 amide bonds. The predicted molar refractivity (Wildman–Crippen MR) is 74.7 cm³/mol. The fraction of sp³-hybridized carbons (Fsp3) is 1.00. The van der Waals surface area contributed by atoms with Crippen molar-refractivity contribution in [2.24, 2.45) is 11.8 Å². The lowest BCUT2D eigenvalue weighted by Crippen LogP contribution is -2.45. The maximum atomic E-state index is 6.04. The van der Waals surface area contributed by atoms with E-state index in [0.717, 1.165) is 11.8 Å². The number of hydrogen-bond acceptors (Lipinski definition) is 2. The van der Waals surface area contributed by atoms with Crippen LogP contribution in [0, 0.1) is 11.8 Å². The van der Waals surface area contributed by atoms with E-state index in [1.807, 2.05) is 14.2 Å². The summed E-state index contributed by atoms with van der Waals surface area (Å²) in [6, 6.07) is 0. The van der Waals surface area contributed by atoms with Gasteiger partial charge >= 0.3 is 0 Å². The van der Waals surface area contributed by atoms with Gasteiger partial charge in [-0.25, -0.2) is 0 Å². The Kier molecular flexibility index (Phi) is 5.08. The molecule has 2 aliphatic carbocycles. The Morgan fingerprint density at radius 2 is 1.56 bits per heavy atom. The van der Waals surface area contributed by atoms with E-state index in [4.69, 9.17) is 9.47 Å². The minimum atomic E-state index is 0.199. The van der Waals surface area contributed by atoms with Gasteiger partial charge in [-0.1, -0.05) is 13.3 Å². The number of rotatable bonds is 4. The maximum absolute atomic E-state index is 6.04. The molecule has 0 aromatic rings. The Morgan fingerprint density at radius 3 is 2.00 bits per heavy atom. The van der Waals surface area contributed by atoms with Crippen molar-refractivity contribution in [3.8, 4) is 0 Å². The zero-order chi connectivity index (χ0) is 13.0. The Hall–Kier alpha value is -0.0800. The number of ether oxygens (including phenoxy) is 2. The zero-order valence-corrected chi connectivity index (χ0v) is 12.4. The van der Waals surface area contributed by atoms with Gasteiger partial charge in [0.2, 0.25) is 0 Å². The minimum Gasteiger partial charge on any atom is -0.381 e. The molecule has 0 N–H and O–H groups in total. The van der Waals surface area contributed by atoms with Crippen LogP contribution in [0.4, 0.5) is 0 Å². The molecule has 0 bridgehead atoms. The third-order valence-corrected chi connectivity index (χ3v) is 5.69. The summed E-state index contributed by atoms with van der Waals surface area (Å²) < 4.78 is 11.5. The van der Waals surface area contributed by atoms with E-state index >= 15 is 0 Å². The monoisotopic (exact) mass is 254 g/mol. The molecule has 0 unspecified atom stereocenters. The Morgan fingerprint density at radius 1 is 0.944 bits per heavy atom. The van der Waals surface area contributed by atoms with Gasteiger partial charge in [0.05, 0.1) is 11.7 Å². The fourth-order valence-electron chi connectivity index (χ4n) is 4.18. The highest BCUT2D eigenvalue weighted by Gasteiger charge is 2.42. The Labute approximate surface area is 112 Å². The van der Waals surface area contributed by atoms with Crippen LogP contribution in [0.15, 0.2) is 0 Å². The molecule has 2 heteroatoms. The minimum absolute atomic E-state index is 0.199. The molecule has 0 aromatic carbocycles. The van der Waals surface area contributed by atoms with Crippen molar-refractivity contribution in [2.75, 3.05) is 14.2 Å². The van der Waals surface area contributed by atoms with E-state index in [0.29, 0.717) is 6.10 Å². The summed E-state index contributed by atoms with van der Waals surface area (Å²) >= 11 is 0. The van der Waals surface area contributed by atoms with Gasteiger partial charge in [0.15, 0.2) is 0 Å². The molecule has 0 heterocycles. The Balaban J connectivity index is 1.92. The molecule has 0 spiro atoms. The highest BCUT2D eigenvalue weighted by Crippen LogP contribution is 2.46. The third-order valence-electron chi connectivity index (χ3n) is 5.69. The van der Waals surface area contributed by atoms with Crippen LogP contribution in [0.3, 0.4) is 0 Å². The van der Waals surface area contributed by atoms with Crippen molar-refractivity contribution in [1.82, 2.24) is 0 Å². The highest BCUT2D eigenvalue weighted by atomic mass is 16.5. The van der Waals surface area contributed by atoms with Gasteiger partial charge in [0, 0.05) is 14.2 Å². The van der Waals surface area contributed by atoms with Crippen molar-refractivity contribution in [3.05, 3.63) is 0 Å². The first-order valence-corrected chi connectivity index (χ1v) is 7.82. The van der Waals surface area contributed by atoms with E-state index in [1.165, 1.54) is 57.8 Å². The van der Waals surface area contributed by atoms with E-state index in [1.54, 1.807) is 0 Å². The lowest BCUT2D eigenvalue weighted by Gasteiger charge is -2.46. The van der Waals surface area contributed by atoms with Crippen molar-refractivity contribution in [1.29, 1.82) is 0 Å². The molecule has 18 heavy (non-hydrogen) atoms. The lowest BCUT2D eigenvalue weighted by molar-refractivity contribution is -0.110. The molecule has 106 valence electrons. The van der Waals surface area contributed by atoms with E-state index < -0.39 is 0 Å². The molecule has 0 aliphatic heterocycles. The molecule has 2 nitrogen and oxygen atoms in total. The molecule has 0 radical (unpaired) electrons. The summed E-state index contributed by atoms with van der Waals surface area (Å²) in [4.78, 5) is 0. The van der Waals surface area contributed by atoms with Gasteiger partial charge in [0.1, 0.15) is 0 Å². The van der Waals surface area contributed by atoms with Crippen molar-refractivity contribution < 1.29 is 9.47 Å². The molecular weight excluding hydrogens is 224 g/mol. The second-order valence-electron chi connectivity index (χ2n) is 6.33. The van der Waals surface area contributed by atoms with Crippen molar-refractivity contribution in [2.45, 2.75) is 76.4 Å². The molecule has 2 fully saturated rings. The van der Waals surface area contributed by atoms with Gasteiger partial charge in [0.25, 0.3) is 0 Å². The fourth-order valence-corrected chi connectivity index (χ4v) is 4.18.